The summed E-state index contributed by atoms with van der Waals surface area (Å²) in [6.07, 6.45) is 0.376. The molecule has 0 aromatic rings. The molecule has 2 aliphatic heterocycles. The van der Waals surface area contributed by atoms with Gasteiger partial charge in [-0.3, -0.25) is 0 Å². The maximum absolute atomic E-state index is 10.0. The lowest BCUT2D eigenvalue weighted by molar-refractivity contribution is -0.167. The van der Waals surface area contributed by atoms with E-state index in [0.717, 1.165) is 0 Å². The summed E-state index contributed by atoms with van der Waals surface area (Å²) in [5, 5.41) is 28.5. The monoisotopic (exact) mass is 258 g/mol. The fourth-order valence-corrected chi connectivity index (χ4v) is 2.74. The third-order valence-electron chi connectivity index (χ3n) is 3.92. The van der Waals surface area contributed by atoms with E-state index in [2.05, 4.69) is 6.58 Å². The lowest BCUT2D eigenvalue weighted by atomic mass is 9.90. The highest BCUT2D eigenvalue weighted by molar-refractivity contribution is 4.97. The van der Waals surface area contributed by atoms with Gasteiger partial charge in [-0.25, -0.2) is 0 Å². The molecule has 0 unspecified atom stereocenters. The average molecular weight is 258 g/mol. The summed E-state index contributed by atoms with van der Waals surface area (Å²) in [4.78, 5) is 0. The van der Waals surface area contributed by atoms with Gasteiger partial charge >= 0.3 is 0 Å². The topological polar surface area (TPSA) is 79.2 Å². The Balaban J connectivity index is 1.99. The number of ether oxygens (including phenoxy) is 2. The van der Waals surface area contributed by atoms with Crippen molar-refractivity contribution in [3.63, 3.8) is 0 Å². The number of aliphatic hydroxyl groups excluding tert-OH is 3. The van der Waals surface area contributed by atoms with Crippen LogP contribution >= 0.6 is 0 Å². The van der Waals surface area contributed by atoms with Crippen LogP contribution < -0.4 is 0 Å². The van der Waals surface area contributed by atoms with Crippen LogP contribution in [0.15, 0.2) is 12.7 Å². The second-order valence-corrected chi connectivity index (χ2v) is 5.24. The van der Waals surface area contributed by atoms with Crippen LogP contribution in [-0.4, -0.2) is 58.6 Å². The van der Waals surface area contributed by atoms with Crippen molar-refractivity contribution in [3.05, 3.63) is 12.7 Å². The highest BCUT2D eigenvalue weighted by atomic mass is 16.6. The Morgan fingerprint density at radius 2 is 2.00 bits per heavy atom. The Labute approximate surface area is 107 Å². The fourth-order valence-electron chi connectivity index (χ4n) is 2.74. The first kappa shape index (κ1) is 14.0. The fraction of sp³-hybridized carbons (Fsp3) is 0.846. The Morgan fingerprint density at radius 3 is 2.61 bits per heavy atom. The lowest BCUT2D eigenvalue weighted by Crippen LogP contribution is -2.47. The zero-order valence-electron chi connectivity index (χ0n) is 10.6. The van der Waals surface area contributed by atoms with Crippen LogP contribution in [0.3, 0.4) is 0 Å². The van der Waals surface area contributed by atoms with Crippen LogP contribution in [-0.2, 0) is 9.47 Å². The van der Waals surface area contributed by atoms with E-state index in [-0.39, 0.29) is 30.8 Å². The standard InChI is InChI=1S/C13H22O5/c1-3-7(2)13-8(15)4-11-12(18-13)5-10(17-11)9(16)6-14/h3,7-16H,1,4-6H2,2H3/t7-,8-,9-,10-,11+,12+,13-/m0/s1. The van der Waals surface area contributed by atoms with Gasteiger partial charge in [0.15, 0.2) is 0 Å². The highest BCUT2D eigenvalue weighted by Gasteiger charge is 2.46. The van der Waals surface area contributed by atoms with Gasteiger partial charge in [0.05, 0.1) is 37.1 Å². The smallest absolute Gasteiger partial charge is 0.103 e. The van der Waals surface area contributed by atoms with Crippen molar-refractivity contribution in [3.8, 4) is 0 Å². The zero-order valence-corrected chi connectivity index (χ0v) is 10.6. The molecule has 3 N–H and O–H groups in total. The van der Waals surface area contributed by atoms with Crippen molar-refractivity contribution < 1.29 is 24.8 Å². The van der Waals surface area contributed by atoms with E-state index in [0.29, 0.717) is 12.8 Å². The zero-order chi connectivity index (χ0) is 13.3. The van der Waals surface area contributed by atoms with Gasteiger partial charge in [-0.05, 0) is 0 Å². The van der Waals surface area contributed by atoms with Crippen molar-refractivity contribution in [2.75, 3.05) is 6.61 Å². The molecule has 0 amide bonds. The average Bonchev–Trinajstić information content (AvgIpc) is 2.78. The molecule has 0 spiro atoms. The van der Waals surface area contributed by atoms with E-state index in [4.69, 9.17) is 14.6 Å². The minimum Gasteiger partial charge on any atom is -0.394 e. The van der Waals surface area contributed by atoms with Gasteiger partial charge in [0.25, 0.3) is 0 Å². The predicted molar refractivity (Wildman–Crippen MR) is 65.0 cm³/mol. The molecule has 104 valence electrons. The van der Waals surface area contributed by atoms with E-state index in [1.807, 2.05) is 6.92 Å². The largest absolute Gasteiger partial charge is 0.394 e. The minimum atomic E-state index is -0.883. The SMILES string of the molecule is C=C[C@H](C)[C@@H]1O[C@@H]2C[C@@H]([C@@H](O)CO)O[C@@H]2C[C@@H]1O. The molecule has 0 aliphatic carbocycles. The molecular weight excluding hydrogens is 236 g/mol. The van der Waals surface area contributed by atoms with E-state index < -0.39 is 18.3 Å². The van der Waals surface area contributed by atoms with Crippen molar-refractivity contribution in [1.82, 2.24) is 0 Å². The molecule has 2 saturated heterocycles. The Kier molecular flexibility index (Phi) is 4.40. The van der Waals surface area contributed by atoms with Gasteiger partial charge in [-0.15, -0.1) is 6.58 Å². The van der Waals surface area contributed by atoms with Gasteiger partial charge < -0.3 is 24.8 Å². The quantitative estimate of drug-likeness (QED) is 0.611. The lowest BCUT2D eigenvalue weighted by Gasteiger charge is -2.37. The summed E-state index contributed by atoms with van der Waals surface area (Å²) in [5.41, 5.74) is 0. The van der Waals surface area contributed by atoms with E-state index in [1.54, 1.807) is 6.08 Å². The molecule has 18 heavy (non-hydrogen) atoms. The molecule has 2 aliphatic rings. The molecule has 5 heteroatoms. The van der Waals surface area contributed by atoms with Crippen LogP contribution in [0.25, 0.3) is 0 Å². The van der Waals surface area contributed by atoms with Crippen LogP contribution in [0.4, 0.5) is 0 Å². The number of hydrogen-bond donors (Lipinski definition) is 3. The molecule has 2 rings (SSSR count). The summed E-state index contributed by atoms with van der Waals surface area (Å²) < 4.78 is 11.5. The van der Waals surface area contributed by atoms with Gasteiger partial charge in [-0.2, -0.15) is 0 Å². The summed E-state index contributed by atoms with van der Waals surface area (Å²) >= 11 is 0. The van der Waals surface area contributed by atoms with Crippen LogP contribution in [0.2, 0.25) is 0 Å². The molecule has 7 atom stereocenters. The van der Waals surface area contributed by atoms with Crippen molar-refractivity contribution >= 4 is 0 Å². The number of rotatable bonds is 4. The third kappa shape index (κ3) is 2.60. The molecule has 5 nitrogen and oxygen atoms in total. The van der Waals surface area contributed by atoms with Gasteiger partial charge in [0.2, 0.25) is 0 Å². The first-order valence-corrected chi connectivity index (χ1v) is 6.47. The Bertz CT molecular complexity index is 295. The van der Waals surface area contributed by atoms with Crippen LogP contribution in [0, 0.1) is 5.92 Å². The third-order valence-corrected chi connectivity index (χ3v) is 3.92. The molecule has 0 saturated carbocycles. The van der Waals surface area contributed by atoms with E-state index >= 15 is 0 Å². The maximum Gasteiger partial charge on any atom is 0.103 e. The van der Waals surface area contributed by atoms with Gasteiger partial charge in [-0.1, -0.05) is 13.0 Å². The molecule has 2 fully saturated rings. The summed E-state index contributed by atoms with van der Waals surface area (Å²) in [6, 6.07) is 0. The van der Waals surface area contributed by atoms with Gasteiger partial charge in [0, 0.05) is 18.8 Å². The Morgan fingerprint density at radius 1 is 1.33 bits per heavy atom. The molecule has 0 aromatic carbocycles. The number of aliphatic hydroxyl groups is 3. The summed E-state index contributed by atoms with van der Waals surface area (Å²) in [7, 11) is 0. The number of fused-ring (bicyclic) bond motifs is 1. The maximum atomic E-state index is 10.0. The molecule has 0 bridgehead atoms. The second-order valence-electron chi connectivity index (χ2n) is 5.24. The van der Waals surface area contributed by atoms with Crippen molar-refractivity contribution in [2.45, 2.75) is 56.4 Å². The normalized spacial score (nSPS) is 43.2. The van der Waals surface area contributed by atoms with Crippen LogP contribution in [0.1, 0.15) is 19.8 Å². The summed E-state index contributed by atoms with van der Waals surface area (Å²) in [6.45, 7) is 5.35. The Hall–Kier alpha value is -0.460. The number of hydrogen-bond acceptors (Lipinski definition) is 5. The second kappa shape index (κ2) is 5.67. The van der Waals surface area contributed by atoms with Crippen molar-refractivity contribution in [2.24, 2.45) is 5.92 Å². The molecule has 0 radical (unpaired) electrons. The van der Waals surface area contributed by atoms with Crippen molar-refractivity contribution in [1.29, 1.82) is 0 Å². The minimum absolute atomic E-state index is 0.0720. The molecule has 0 aromatic heterocycles. The summed E-state index contributed by atoms with van der Waals surface area (Å²) in [5.74, 6) is 0.0720. The molecule has 2 heterocycles. The van der Waals surface area contributed by atoms with Crippen LogP contribution in [0.5, 0.6) is 0 Å². The molecular formula is C13H22O5. The first-order valence-electron chi connectivity index (χ1n) is 6.47. The predicted octanol–water partition coefficient (Wildman–Crippen LogP) is -0.162. The van der Waals surface area contributed by atoms with E-state index in [9.17, 15) is 10.2 Å². The van der Waals surface area contributed by atoms with E-state index in [1.165, 1.54) is 0 Å². The first-order chi connectivity index (χ1) is 8.56. The van der Waals surface area contributed by atoms with Gasteiger partial charge in [0.1, 0.15) is 6.10 Å². The highest BCUT2D eigenvalue weighted by Crippen LogP contribution is 2.36.